The Balaban J connectivity index is 2.14. The van der Waals surface area contributed by atoms with Crippen LogP contribution in [0.5, 0.6) is 0 Å². The monoisotopic (exact) mass is 233 g/mol. The maximum absolute atomic E-state index is 5.92. The van der Waals surface area contributed by atoms with Crippen molar-refractivity contribution < 1.29 is 0 Å². The molecule has 1 saturated heterocycles. The molecule has 3 nitrogen and oxygen atoms in total. The van der Waals surface area contributed by atoms with E-state index in [0.29, 0.717) is 0 Å². The lowest BCUT2D eigenvalue weighted by Gasteiger charge is -2.35. The van der Waals surface area contributed by atoms with E-state index in [2.05, 4.69) is 48.0 Å². The SMILES string of the molecule is C[C@@H](N)Cc1ccccc1N1CCN(C)CC1. The first kappa shape index (κ1) is 12.4. The number of piperazine rings is 1. The average molecular weight is 233 g/mol. The molecule has 1 fully saturated rings. The third kappa shape index (κ3) is 3.20. The molecule has 0 amide bonds. The van der Waals surface area contributed by atoms with Gasteiger partial charge in [0.05, 0.1) is 0 Å². The highest BCUT2D eigenvalue weighted by atomic mass is 15.2. The van der Waals surface area contributed by atoms with Crippen LogP contribution in [-0.2, 0) is 6.42 Å². The molecule has 1 aliphatic heterocycles. The lowest BCUT2D eigenvalue weighted by Crippen LogP contribution is -2.44. The third-order valence-corrected chi connectivity index (χ3v) is 3.38. The molecule has 0 spiro atoms. The molecular formula is C14H23N3. The number of hydrogen-bond acceptors (Lipinski definition) is 3. The van der Waals surface area contributed by atoms with Crippen molar-refractivity contribution in [3.8, 4) is 0 Å². The third-order valence-electron chi connectivity index (χ3n) is 3.38. The van der Waals surface area contributed by atoms with Gasteiger partial charge in [0.2, 0.25) is 0 Å². The van der Waals surface area contributed by atoms with E-state index in [1.54, 1.807) is 0 Å². The van der Waals surface area contributed by atoms with E-state index in [1.165, 1.54) is 11.3 Å². The lowest BCUT2D eigenvalue weighted by molar-refractivity contribution is 0.312. The molecule has 1 heterocycles. The largest absolute Gasteiger partial charge is 0.369 e. The predicted molar refractivity (Wildman–Crippen MR) is 73.5 cm³/mol. The molecule has 2 N–H and O–H groups in total. The zero-order valence-electron chi connectivity index (χ0n) is 10.9. The summed E-state index contributed by atoms with van der Waals surface area (Å²) in [5.74, 6) is 0. The summed E-state index contributed by atoms with van der Waals surface area (Å²) in [5, 5.41) is 0. The van der Waals surface area contributed by atoms with E-state index in [0.717, 1.165) is 32.6 Å². The Morgan fingerprint density at radius 3 is 2.47 bits per heavy atom. The first-order chi connectivity index (χ1) is 8.16. The van der Waals surface area contributed by atoms with E-state index >= 15 is 0 Å². The van der Waals surface area contributed by atoms with Crippen LogP contribution < -0.4 is 10.6 Å². The molecule has 1 aromatic rings. The van der Waals surface area contributed by atoms with E-state index in [-0.39, 0.29) is 6.04 Å². The predicted octanol–water partition coefficient (Wildman–Crippen LogP) is 1.33. The summed E-state index contributed by atoms with van der Waals surface area (Å²) in [7, 11) is 2.19. The normalized spacial score (nSPS) is 19.4. The van der Waals surface area contributed by atoms with Gasteiger partial charge in [0.25, 0.3) is 0 Å². The van der Waals surface area contributed by atoms with E-state index < -0.39 is 0 Å². The molecule has 94 valence electrons. The van der Waals surface area contributed by atoms with Crippen molar-refractivity contribution in [1.82, 2.24) is 4.90 Å². The zero-order valence-corrected chi connectivity index (χ0v) is 10.9. The van der Waals surface area contributed by atoms with Gasteiger partial charge in [0, 0.05) is 37.9 Å². The zero-order chi connectivity index (χ0) is 12.3. The average Bonchev–Trinajstić information content (AvgIpc) is 2.30. The number of benzene rings is 1. The Hall–Kier alpha value is -1.06. The molecule has 2 rings (SSSR count). The van der Waals surface area contributed by atoms with E-state index in [9.17, 15) is 0 Å². The van der Waals surface area contributed by atoms with Crippen LogP contribution in [0.2, 0.25) is 0 Å². The Morgan fingerprint density at radius 2 is 1.82 bits per heavy atom. The van der Waals surface area contributed by atoms with E-state index in [4.69, 9.17) is 5.73 Å². The van der Waals surface area contributed by atoms with Gasteiger partial charge in [0.1, 0.15) is 0 Å². The molecule has 0 bridgehead atoms. The molecule has 0 radical (unpaired) electrons. The highest BCUT2D eigenvalue weighted by molar-refractivity contribution is 5.54. The van der Waals surface area contributed by atoms with Crippen LogP contribution in [0.3, 0.4) is 0 Å². The Kier molecular flexibility index (Phi) is 4.02. The second kappa shape index (κ2) is 5.52. The van der Waals surface area contributed by atoms with Crippen LogP contribution in [0, 0.1) is 0 Å². The molecule has 1 atom stereocenters. The molecule has 0 aliphatic carbocycles. The number of nitrogens with zero attached hydrogens (tertiary/aromatic N) is 2. The Labute approximate surface area is 104 Å². The van der Waals surface area contributed by atoms with E-state index in [1.807, 2.05) is 0 Å². The summed E-state index contributed by atoms with van der Waals surface area (Å²) in [4.78, 5) is 4.86. The molecule has 17 heavy (non-hydrogen) atoms. The highest BCUT2D eigenvalue weighted by Gasteiger charge is 2.16. The van der Waals surface area contributed by atoms with Crippen molar-refractivity contribution in [2.45, 2.75) is 19.4 Å². The Morgan fingerprint density at radius 1 is 1.18 bits per heavy atom. The summed E-state index contributed by atoms with van der Waals surface area (Å²) in [6.07, 6.45) is 0.961. The fraction of sp³-hybridized carbons (Fsp3) is 0.571. The maximum Gasteiger partial charge on any atom is 0.0400 e. The van der Waals surface area contributed by atoms with Gasteiger partial charge in [-0.15, -0.1) is 0 Å². The van der Waals surface area contributed by atoms with Crippen molar-refractivity contribution >= 4 is 5.69 Å². The van der Waals surface area contributed by atoms with Crippen LogP contribution >= 0.6 is 0 Å². The van der Waals surface area contributed by atoms with Crippen LogP contribution in [-0.4, -0.2) is 44.2 Å². The first-order valence-corrected chi connectivity index (χ1v) is 6.44. The summed E-state index contributed by atoms with van der Waals surface area (Å²) in [6.45, 7) is 6.60. The van der Waals surface area contributed by atoms with Crippen molar-refractivity contribution in [1.29, 1.82) is 0 Å². The van der Waals surface area contributed by atoms with Crippen molar-refractivity contribution in [2.24, 2.45) is 5.73 Å². The number of likely N-dealkylation sites (N-methyl/N-ethyl adjacent to an activating group) is 1. The summed E-state index contributed by atoms with van der Waals surface area (Å²) >= 11 is 0. The Bertz CT molecular complexity index is 354. The summed E-state index contributed by atoms with van der Waals surface area (Å²) < 4.78 is 0. The molecule has 0 unspecified atom stereocenters. The topological polar surface area (TPSA) is 32.5 Å². The smallest absolute Gasteiger partial charge is 0.0400 e. The van der Waals surface area contributed by atoms with Gasteiger partial charge >= 0.3 is 0 Å². The molecule has 1 aliphatic rings. The summed E-state index contributed by atoms with van der Waals surface area (Å²) in [6, 6.07) is 8.89. The minimum absolute atomic E-state index is 0.226. The fourth-order valence-corrected chi connectivity index (χ4v) is 2.39. The van der Waals surface area contributed by atoms with Crippen molar-refractivity contribution in [3.05, 3.63) is 29.8 Å². The quantitative estimate of drug-likeness (QED) is 0.855. The highest BCUT2D eigenvalue weighted by Crippen LogP contribution is 2.22. The molecule has 0 aromatic heterocycles. The number of para-hydroxylation sites is 1. The molecule has 3 heteroatoms. The van der Waals surface area contributed by atoms with Crippen molar-refractivity contribution in [2.75, 3.05) is 38.1 Å². The number of rotatable bonds is 3. The number of nitrogens with two attached hydrogens (primary N) is 1. The molecule has 0 saturated carbocycles. The minimum atomic E-state index is 0.226. The van der Waals surface area contributed by atoms with Gasteiger partial charge in [-0.2, -0.15) is 0 Å². The van der Waals surface area contributed by atoms with Gasteiger partial charge in [-0.1, -0.05) is 18.2 Å². The van der Waals surface area contributed by atoms with Crippen LogP contribution in [0.15, 0.2) is 24.3 Å². The lowest BCUT2D eigenvalue weighted by atomic mass is 10.0. The van der Waals surface area contributed by atoms with Gasteiger partial charge < -0.3 is 15.5 Å². The second-order valence-electron chi connectivity index (χ2n) is 5.10. The van der Waals surface area contributed by atoms with Crippen LogP contribution in [0.25, 0.3) is 0 Å². The molecular weight excluding hydrogens is 210 g/mol. The van der Waals surface area contributed by atoms with Gasteiger partial charge in [-0.25, -0.2) is 0 Å². The van der Waals surface area contributed by atoms with Gasteiger partial charge in [-0.3, -0.25) is 0 Å². The second-order valence-corrected chi connectivity index (χ2v) is 5.10. The number of hydrogen-bond donors (Lipinski definition) is 1. The maximum atomic E-state index is 5.92. The van der Waals surface area contributed by atoms with Gasteiger partial charge in [-0.05, 0) is 32.0 Å². The minimum Gasteiger partial charge on any atom is -0.369 e. The number of anilines is 1. The fourth-order valence-electron chi connectivity index (χ4n) is 2.39. The van der Waals surface area contributed by atoms with Crippen LogP contribution in [0.1, 0.15) is 12.5 Å². The summed E-state index contributed by atoms with van der Waals surface area (Å²) in [5.41, 5.74) is 8.67. The van der Waals surface area contributed by atoms with Crippen LogP contribution in [0.4, 0.5) is 5.69 Å². The van der Waals surface area contributed by atoms with Gasteiger partial charge in [0.15, 0.2) is 0 Å². The molecule has 1 aromatic carbocycles. The van der Waals surface area contributed by atoms with Crippen molar-refractivity contribution in [3.63, 3.8) is 0 Å². The first-order valence-electron chi connectivity index (χ1n) is 6.44. The standard InChI is InChI=1S/C14H23N3/c1-12(15)11-13-5-3-4-6-14(13)17-9-7-16(2)8-10-17/h3-6,12H,7-11,15H2,1-2H3/t12-/m1/s1.